The Kier molecular flexibility index (Phi) is 6.77. The topological polar surface area (TPSA) is 42.9 Å². The summed E-state index contributed by atoms with van der Waals surface area (Å²) in [6.45, 7) is 9.17. The van der Waals surface area contributed by atoms with Crippen molar-refractivity contribution in [1.29, 1.82) is 0 Å². The van der Waals surface area contributed by atoms with E-state index in [0.717, 1.165) is 31.5 Å². The molecule has 2 atom stereocenters. The Morgan fingerprint density at radius 2 is 1.90 bits per heavy atom. The van der Waals surface area contributed by atoms with Crippen molar-refractivity contribution in [2.75, 3.05) is 53.4 Å². The second-order valence-corrected chi connectivity index (χ2v) is 6.53. The molecular formula is C16H33N5. The molecule has 122 valence electrons. The van der Waals surface area contributed by atoms with Crippen LogP contribution in [-0.2, 0) is 0 Å². The van der Waals surface area contributed by atoms with Gasteiger partial charge in [-0.15, -0.1) is 0 Å². The van der Waals surface area contributed by atoms with Crippen LogP contribution in [0.2, 0.25) is 0 Å². The molecular weight excluding hydrogens is 262 g/mol. The van der Waals surface area contributed by atoms with Crippen LogP contribution in [0.1, 0.15) is 32.6 Å². The van der Waals surface area contributed by atoms with Crippen LogP contribution in [-0.4, -0.2) is 75.2 Å². The Morgan fingerprint density at radius 3 is 2.62 bits per heavy atom. The Bertz CT molecular complexity index is 331. The number of nitrogens with zero attached hydrogens (tertiary/aromatic N) is 3. The fourth-order valence-corrected chi connectivity index (χ4v) is 3.66. The van der Waals surface area contributed by atoms with E-state index in [1.54, 1.807) is 0 Å². The molecule has 5 nitrogen and oxygen atoms in total. The van der Waals surface area contributed by atoms with E-state index in [2.05, 4.69) is 39.4 Å². The average molecular weight is 295 g/mol. The van der Waals surface area contributed by atoms with Crippen molar-refractivity contribution in [3.05, 3.63) is 0 Å². The van der Waals surface area contributed by atoms with E-state index in [0.29, 0.717) is 6.04 Å². The average Bonchev–Trinajstić information content (AvgIpc) is 2.95. The zero-order valence-corrected chi connectivity index (χ0v) is 14.1. The zero-order valence-electron chi connectivity index (χ0n) is 14.1. The molecule has 2 heterocycles. The molecule has 0 spiro atoms. The second-order valence-electron chi connectivity index (χ2n) is 6.53. The van der Waals surface area contributed by atoms with Crippen molar-refractivity contribution >= 4 is 5.96 Å². The number of hydrogen-bond acceptors (Lipinski definition) is 3. The summed E-state index contributed by atoms with van der Waals surface area (Å²) in [5.74, 6) is 1.71. The molecule has 0 radical (unpaired) electrons. The van der Waals surface area contributed by atoms with Gasteiger partial charge in [0.05, 0.1) is 0 Å². The van der Waals surface area contributed by atoms with E-state index < -0.39 is 0 Å². The van der Waals surface area contributed by atoms with Crippen molar-refractivity contribution in [2.45, 2.75) is 38.6 Å². The predicted octanol–water partition coefficient (Wildman–Crippen LogP) is 0.978. The molecule has 0 aromatic carbocycles. The summed E-state index contributed by atoms with van der Waals surface area (Å²) in [5, 5.41) is 7.02. The lowest BCUT2D eigenvalue weighted by molar-refractivity contribution is 0.210. The molecule has 0 aromatic rings. The van der Waals surface area contributed by atoms with Gasteiger partial charge in [-0.3, -0.25) is 9.89 Å². The van der Waals surface area contributed by atoms with Crippen LogP contribution in [0.5, 0.6) is 0 Å². The van der Waals surface area contributed by atoms with Crippen molar-refractivity contribution < 1.29 is 0 Å². The summed E-state index contributed by atoms with van der Waals surface area (Å²) >= 11 is 0. The van der Waals surface area contributed by atoms with Gasteiger partial charge in [0.25, 0.3) is 0 Å². The highest BCUT2D eigenvalue weighted by Crippen LogP contribution is 2.16. The van der Waals surface area contributed by atoms with E-state index >= 15 is 0 Å². The maximum absolute atomic E-state index is 4.37. The molecule has 2 N–H and O–H groups in total. The van der Waals surface area contributed by atoms with Gasteiger partial charge in [0.2, 0.25) is 0 Å². The lowest BCUT2D eigenvalue weighted by atomic mass is 9.99. The predicted molar refractivity (Wildman–Crippen MR) is 89.9 cm³/mol. The SMILES string of the molecule is CCN1CCCC1CNC(=NC)NCC1CCCN(C)C1. The molecule has 0 aliphatic carbocycles. The Hall–Kier alpha value is -0.810. The van der Waals surface area contributed by atoms with Gasteiger partial charge in [-0.2, -0.15) is 0 Å². The zero-order chi connectivity index (χ0) is 15.1. The second kappa shape index (κ2) is 8.59. The molecule has 0 bridgehead atoms. The van der Waals surface area contributed by atoms with Crippen LogP contribution in [0.3, 0.4) is 0 Å². The van der Waals surface area contributed by atoms with E-state index in [4.69, 9.17) is 0 Å². The molecule has 0 amide bonds. The normalized spacial score (nSPS) is 28.8. The summed E-state index contributed by atoms with van der Waals surface area (Å²) in [6.07, 6.45) is 5.30. The summed E-state index contributed by atoms with van der Waals surface area (Å²) in [6, 6.07) is 0.675. The van der Waals surface area contributed by atoms with Gasteiger partial charge in [-0.05, 0) is 58.3 Å². The smallest absolute Gasteiger partial charge is 0.191 e. The maximum atomic E-state index is 4.37. The van der Waals surface area contributed by atoms with Crippen LogP contribution in [0.4, 0.5) is 0 Å². The van der Waals surface area contributed by atoms with Gasteiger partial charge in [-0.25, -0.2) is 0 Å². The maximum Gasteiger partial charge on any atom is 0.191 e. The summed E-state index contributed by atoms with van der Waals surface area (Å²) in [7, 11) is 4.09. The number of guanidine groups is 1. The largest absolute Gasteiger partial charge is 0.356 e. The minimum atomic E-state index is 0.675. The van der Waals surface area contributed by atoms with Crippen LogP contribution in [0, 0.1) is 5.92 Å². The number of likely N-dealkylation sites (N-methyl/N-ethyl adjacent to an activating group) is 1. The molecule has 2 aliphatic rings. The van der Waals surface area contributed by atoms with Crippen LogP contribution < -0.4 is 10.6 Å². The van der Waals surface area contributed by atoms with Gasteiger partial charge < -0.3 is 15.5 Å². The molecule has 2 rings (SSSR count). The third kappa shape index (κ3) is 5.15. The van der Waals surface area contributed by atoms with Crippen LogP contribution in [0.15, 0.2) is 4.99 Å². The first-order valence-electron chi connectivity index (χ1n) is 8.60. The fraction of sp³-hybridized carbons (Fsp3) is 0.938. The molecule has 2 saturated heterocycles. The van der Waals surface area contributed by atoms with Crippen molar-refractivity contribution in [3.8, 4) is 0 Å². The Morgan fingerprint density at radius 1 is 1.14 bits per heavy atom. The number of nitrogens with one attached hydrogen (secondary N) is 2. The number of aliphatic imine (C=N–C) groups is 1. The summed E-state index contributed by atoms with van der Waals surface area (Å²) in [4.78, 5) is 9.37. The highest BCUT2D eigenvalue weighted by Gasteiger charge is 2.23. The lowest BCUT2D eigenvalue weighted by Gasteiger charge is -2.30. The first-order chi connectivity index (χ1) is 10.2. The Labute approximate surface area is 130 Å². The Balaban J connectivity index is 1.68. The minimum Gasteiger partial charge on any atom is -0.356 e. The van der Waals surface area contributed by atoms with Crippen molar-refractivity contribution in [1.82, 2.24) is 20.4 Å². The monoisotopic (exact) mass is 295 g/mol. The quantitative estimate of drug-likeness (QED) is 0.586. The molecule has 21 heavy (non-hydrogen) atoms. The first kappa shape index (κ1) is 16.6. The highest BCUT2D eigenvalue weighted by molar-refractivity contribution is 5.79. The van der Waals surface area contributed by atoms with Crippen molar-refractivity contribution in [3.63, 3.8) is 0 Å². The third-order valence-electron chi connectivity index (χ3n) is 4.91. The molecule has 2 fully saturated rings. The van der Waals surface area contributed by atoms with Crippen LogP contribution >= 0.6 is 0 Å². The number of piperidine rings is 1. The summed E-state index contributed by atoms with van der Waals surface area (Å²) in [5.41, 5.74) is 0. The fourth-order valence-electron chi connectivity index (χ4n) is 3.66. The molecule has 2 unspecified atom stereocenters. The minimum absolute atomic E-state index is 0.675. The third-order valence-corrected chi connectivity index (χ3v) is 4.91. The molecule has 0 saturated carbocycles. The first-order valence-corrected chi connectivity index (χ1v) is 8.60. The standard InChI is InChI=1S/C16H33N5/c1-4-21-10-6-8-15(21)12-19-16(17-2)18-11-14-7-5-9-20(3)13-14/h14-15H,4-13H2,1-3H3,(H2,17,18,19). The molecule has 2 aliphatic heterocycles. The van der Waals surface area contributed by atoms with Gasteiger partial charge in [0.1, 0.15) is 0 Å². The van der Waals surface area contributed by atoms with E-state index in [9.17, 15) is 0 Å². The number of rotatable bonds is 5. The van der Waals surface area contributed by atoms with Crippen LogP contribution in [0.25, 0.3) is 0 Å². The van der Waals surface area contributed by atoms with Gasteiger partial charge in [-0.1, -0.05) is 6.92 Å². The lowest BCUT2D eigenvalue weighted by Crippen LogP contribution is -2.47. The summed E-state index contributed by atoms with van der Waals surface area (Å²) < 4.78 is 0. The van der Waals surface area contributed by atoms with Crippen molar-refractivity contribution in [2.24, 2.45) is 10.9 Å². The van der Waals surface area contributed by atoms with Gasteiger partial charge >= 0.3 is 0 Å². The number of hydrogen-bond donors (Lipinski definition) is 2. The van der Waals surface area contributed by atoms with Gasteiger partial charge in [0, 0.05) is 32.7 Å². The highest BCUT2D eigenvalue weighted by atomic mass is 15.2. The van der Waals surface area contributed by atoms with E-state index in [1.807, 2.05) is 7.05 Å². The molecule has 5 heteroatoms. The van der Waals surface area contributed by atoms with Gasteiger partial charge in [0.15, 0.2) is 5.96 Å². The van der Waals surface area contributed by atoms with E-state index in [1.165, 1.54) is 45.3 Å². The molecule has 0 aromatic heterocycles. The number of likely N-dealkylation sites (tertiary alicyclic amines) is 2. The van der Waals surface area contributed by atoms with E-state index in [-0.39, 0.29) is 0 Å².